The zero-order valence-electron chi connectivity index (χ0n) is 11.6. The predicted octanol–water partition coefficient (Wildman–Crippen LogP) is 1.67. The lowest BCUT2D eigenvalue weighted by molar-refractivity contribution is 0.0716. The van der Waals surface area contributed by atoms with Crippen LogP contribution in [0.1, 0.15) is 29.0 Å². The highest BCUT2D eigenvalue weighted by atomic mass is 32.2. The number of carbonyl (C=O) groups excluding carboxylic acids is 1. The molecule has 1 saturated heterocycles. The number of amides is 1. The van der Waals surface area contributed by atoms with Gasteiger partial charge in [0.2, 0.25) is 0 Å². The van der Waals surface area contributed by atoms with Crippen LogP contribution in [0.3, 0.4) is 0 Å². The van der Waals surface area contributed by atoms with Crippen LogP contribution in [0.5, 0.6) is 0 Å². The zero-order valence-corrected chi connectivity index (χ0v) is 12.4. The van der Waals surface area contributed by atoms with E-state index in [0.29, 0.717) is 37.3 Å². The monoisotopic (exact) mass is 297 g/mol. The highest BCUT2D eigenvalue weighted by molar-refractivity contribution is 8.00. The van der Waals surface area contributed by atoms with Crippen molar-refractivity contribution in [1.82, 2.24) is 4.90 Å². The molecule has 6 nitrogen and oxygen atoms in total. The summed E-state index contributed by atoms with van der Waals surface area (Å²) in [7, 11) is 0. The average Bonchev–Trinajstić information content (AvgIpc) is 2.91. The van der Waals surface area contributed by atoms with Crippen LogP contribution in [0.4, 0.5) is 0 Å². The largest absolute Gasteiger partial charge is 0.469 e. The number of aryl methyl sites for hydroxylation is 1. The van der Waals surface area contributed by atoms with Crippen molar-refractivity contribution in [3.63, 3.8) is 0 Å². The predicted molar refractivity (Wildman–Crippen MR) is 78.2 cm³/mol. The summed E-state index contributed by atoms with van der Waals surface area (Å²) in [6.45, 7) is 2.95. The van der Waals surface area contributed by atoms with Gasteiger partial charge in [-0.1, -0.05) is 5.16 Å². The van der Waals surface area contributed by atoms with E-state index in [4.69, 9.17) is 15.4 Å². The third kappa shape index (κ3) is 2.49. The Kier molecular flexibility index (Phi) is 4.27. The van der Waals surface area contributed by atoms with E-state index in [1.165, 1.54) is 6.26 Å². The van der Waals surface area contributed by atoms with Crippen molar-refractivity contribution in [2.75, 3.05) is 19.3 Å². The van der Waals surface area contributed by atoms with E-state index >= 15 is 0 Å². The Morgan fingerprint density at radius 2 is 2.20 bits per heavy atom. The van der Waals surface area contributed by atoms with E-state index < -0.39 is 0 Å². The molecule has 1 amide bonds. The minimum Gasteiger partial charge on any atom is -0.469 e. The highest BCUT2D eigenvalue weighted by Crippen LogP contribution is 2.35. The van der Waals surface area contributed by atoms with Crippen LogP contribution in [0.15, 0.2) is 21.9 Å². The second kappa shape index (κ2) is 5.78. The van der Waals surface area contributed by atoms with Crippen molar-refractivity contribution in [2.45, 2.75) is 24.5 Å². The van der Waals surface area contributed by atoms with Gasteiger partial charge in [-0.2, -0.15) is 11.8 Å². The molecule has 3 N–H and O–H groups in total. The normalized spacial score (nSPS) is 19.1. The molecule has 0 unspecified atom stereocenters. The summed E-state index contributed by atoms with van der Waals surface area (Å²) < 4.78 is 4.79. The lowest BCUT2D eigenvalue weighted by Gasteiger charge is -2.39. The summed E-state index contributed by atoms with van der Waals surface area (Å²) in [5.41, 5.74) is 6.40. The second-order valence-corrected chi connectivity index (χ2v) is 6.06. The first kappa shape index (κ1) is 14.8. The van der Waals surface area contributed by atoms with Crippen molar-refractivity contribution < 1.29 is 14.4 Å². The number of rotatable bonds is 3. The standard InChI is InChI=1S/C13H19N3O3S/c1-9-10(3-8-19-9)11(17)16-6-4-13(20-2,5-7-16)12(14)15-18/h3,8,18H,4-7H2,1-2H3,(H2,14,15). The molecule has 1 fully saturated rings. The Morgan fingerprint density at radius 3 is 2.65 bits per heavy atom. The Labute approximate surface area is 122 Å². The van der Waals surface area contributed by atoms with Crippen molar-refractivity contribution in [1.29, 1.82) is 0 Å². The van der Waals surface area contributed by atoms with Crippen molar-refractivity contribution >= 4 is 23.5 Å². The molecule has 110 valence electrons. The summed E-state index contributed by atoms with van der Waals surface area (Å²) in [4.78, 5) is 14.2. The molecule has 2 rings (SSSR count). The molecule has 1 aromatic rings. The van der Waals surface area contributed by atoms with Gasteiger partial charge < -0.3 is 20.3 Å². The molecule has 20 heavy (non-hydrogen) atoms. The molecule has 0 aliphatic carbocycles. The van der Waals surface area contributed by atoms with Crippen LogP contribution in [-0.2, 0) is 0 Å². The number of likely N-dealkylation sites (tertiary alicyclic amines) is 1. The van der Waals surface area contributed by atoms with Gasteiger partial charge in [0.1, 0.15) is 5.76 Å². The number of furan rings is 1. The Balaban J connectivity index is 2.08. The van der Waals surface area contributed by atoms with Crippen LogP contribution in [0.2, 0.25) is 0 Å². The van der Waals surface area contributed by atoms with Crippen molar-refractivity contribution in [3.05, 3.63) is 23.7 Å². The number of piperidine rings is 1. The fourth-order valence-corrected chi connectivity index (χ4v) is 3.34. The molecular weight excluding hydrogens is 278 g/mol. The third-order valence-electron chi connectivity index (χ3n) is 3.91. The highest BCUT2D eigenvalue weighted by Gasteiger charge is 2.39. The Hall–Kier alpha value is -1.63. The second-order valence-electron chi connectivity index (χ2n) is 4.87. The molecule has 0 saturated carbocycles. The Bertz CT molecular complexity index is 519. The maximum absolute atomic E-state index is 12.4. The van der Waals surface area contributed by atoms with Gasteiger partial charge in [-0.15, -0.1) is 0 Å². The third-order valence-corrected chi connectivity index (χ3v) is 5.31. The maximum atomic E-state index is 12.4. The number of amidine groups is 1. The number of nitrogens with two attached hydrogens (primary N) is 1. The van der Waals surface area contributed by atoms with Crippen LogP contribution in [0.25, 0.3) is 0 Å². The van der Waals surface area contributed by atoms with Gasteiger partial charge in [-0.3, -0.25) is 4.79 Å². The molecule has 1 aliphatic heterocycles. The van der Waals surface area contributed by atoms with Gasteiger partial charge in [0.15, 0.2) is 5.84 Å². The first-order valence-corrected chi connectivity index (χ1v) is 7.63. The van der Waals surface area contributed by atoms with Gasteiger partial charge in [-0.05, 0) is 32.1 Å². The number of hydrogen-bond acceptors (Lipinski definition) is 5. The Morgan fingerprint density at radius 1 is 1.55 bits per heavy atom. The van der Waals surface area contributed by atoms with Gasteiger partial charge in [0.25, 0.3) is 5.91 Å². The molecule has 2 heterocycles. The van der Waals surface area contributed by atoms with Crippen LogP contribution in [0, 0.1) is 6.92 Å². The molecule has 0 spiro atoms. The number of oxime groups is 1. The minimum atomic E-state index is -0.378. The zero-order chi connectivity index (χ0) is 14.8. The van der Waals surface area contributed by atoms with Gasteiger partial charge in [-0.25, -0.2) is 0 Å². The van der Waals surface area contributed by atoms with Gasteiger partial charge in [0.05, 0.1) is 16.6 Å². The lowest BCUT2D eigenvalue weighted by Crippen LogP contribution is -2.51. The maximum Gasteiger partial charge on any atom is 0.257 e. The van der Waals surface area contributed by atoms with E-state index in [2.05, 4.69) is 5.16 Å². The summed E-state index contributed by atoms with van der Waals surface area (Å²) >= 11 is 1.57. The van der Waals surface area contributed by atoms with E-state index in [9.17, 15) is 4.79 Å². The molecular formula is C13H19N3O3S. The summed E-state index contributed by atoms with van der Waals surface area (Å²) in [5.74, 6) is 0.843. The van der Waals surface area contributed by atoms with Crippen LogP contribution >= 0.6 is 11.8 Å². The minimum absolute atomic E-state index is 0.0227. The van der Waals surface area contributed by atoms with E-state index in [1.54, 1.807) is 29.7 Å². The number of nitrogens with zero attached hydrogens (tertiary/aromatic N) is 2. The molecule has 1 aromatic heterocycles. The molecule has 1 aliphatic rings. The number of carbonyl (C=O) groups is 1. The SMILES string of the molecule is CSC1(C(N)=NO)CCN(C(=O)c2ccoc2C)CC1. The first-order valence-electron chi connectivity index (χ1n) is 6.40. The lowest BCUT2D eigenvalue weighted by atomic mass is 9.94. The quantitative estimate of drug-likeness (QED) is 0.383. The molecule has 0 radical (unpaired) electrons. The fraction of sp³-hybridized carbons (Fsp3) is 0.538. The molecule has 0 bridgehead atoms. The number of hydrogen-bond donors (Lipinski definition) is 2. The topological polar surface area (TPSA) is 92.1 Å². The van der Waals surface area contributed by atoms with Crippen LogP contribution < -0.4 is 5.73 Å². The summed E-state index contributed by atoms with van der Waals surface area (Å²) in [6, 6.07) is 1.69. The van der Waals surface area contributed by atoms with E-state index in [-0.39, 0.29) is 16.5 Å². The van der Waals surface area contributed by atoms with E-state index in [0.717, 1.165) is 0 Å². The van der Waals surface area contributed by atoms with Crippen molar-refractivity contribution in [2.24, 2.45) is 10.9 Å². The van der Waals surface area contributed by atoms with E-state index in [1.807, 2.05) is 6.26 Å². The molecule has 0 atom stereocenters. The fourth-order valence-electron chi connectivity index (χ4n) is 2.50. The van der Waals surface area contributed by atoms with Gasteiger partial charge >= 0.3 is 0 Å². The summed E-state index contributed by atoms with van der Waals surface area (Å²) in [5, 5.41) is 12.0. The van der Waals surface area contributed by atoms with Gasteiger partial charge in [0, 0.05) is 13.1 Å². The smallest absolute Gasteiger partial charge is 0.257 e. The molecule has 7 heteroatoms. The van der Waals surface area contributed by atoms with Crippen LogP contribution in [-0.4, -0.2) is 45.9 Å². The summed E-state index contributed by atoms with van der Waals surface area (Å²) in [6.07, 6.45) is 4.81. The first-order chi connectivity index (χ1) is 9.54. The van der Waals surface area contributed by atoms with Crippen molar-refractivity contribution in [3.8, 4) is 0 Å². The number of thioether (sulfide) groups is 1. The average molecular weight is 297 g/mol. The molecule has 0 aromatic carbocycles.